The normalized spacial score (nSPS) is 21.2. The van der Waals surface area contributed by atoms with Crippen molar-refractivity contribution in [3.63, 3.8) is 0 Å². The molecule has 1 N–H and O–H groups in total. The van der Waals surface area contributed by atoms with Crippen molar-refractivity contribution < 1.29 is 0 Å². The highest BCUT2D eigenvalue weighted by Crippen LogP contribution is 2.23. The lowest BCUT2D eigenvalue weighted by Crippen LogP contribution is -2.14. The molecule has 1 atom stereocenters. The van der Waals surface area contributed by atoms with Crippen LogP contribution in [0.3, 0.4) is 0 Å². The predicted molar refractivity (Wildman–Crippen MR) is 73.7 cm³/mol. The average molecular weight is 253 g/mol. The van der Waals surface area contributed by atoms with Crippen LogP contribution in [0, 0.1) is 5.92 Å². The standard InChI is InChI=1S/C13H23N3S/c1-14-6-3-4-12-9-15-13(17-12)8-11-5-7-16(2)10-11/h9,11,14H,3-8,10H2,1-2H3. The Morgan fingerprint density at radius 3 is 3.18 bits per heavy atom. The number of aryl methyl sites for hydroxylation is 1. The van der Waals surface area contributed by atoms with E-state index in [2.05, 4.69) is 28.4 Å². The molecule has 17 heavy (non-hydrogen) atoms. The van der Waals surface area contributed by atoms with Gasteiger partial charge in [0.2, 0.25) is 0 Å². The fraction of sp³-hybridized carbons (Fsp3) is 0.769. The van der Waals surface area contributed by atoms with Crippen LogP contribution in [0.5, 0.6) is 0 Å². The summed E-state index contributed by atoms with van der Waals surface area (Å²) in [7, 11) is 4.22. The van der Waals surface area contributed by atoms with E-state index in [4.69, 9.17) is 0 Å². The minimum Gasteiger partial charge on any atom is -0.320 e. The predicted octanol–water partition coefficient (Wildman–Crippen LogP) is 1.79. The van der Waals surface area contributed by atoms with Crippen LogP contribution in [0.2, 0.25) is 0 Å². The lowest BCUT2D eigenvalue weighted by Gasteiger charge is -2.07. The molecule has 1 aromatic rings. The summed E-state index contributed by atoms with van der Waals surface area (Å²) >= 11 is 1.91. The lowest BCUT2D eigenvalue weighted by atomic mass is 10.1. The topological polar surface area (TPSA) is 28.2 Å². The summed E-state index contributed by atoms with van der Waals surface area (Å²) in [4.78, 5) is 8.43. The molecule has 1 aliphatic rings. The minimum absolute atomic E-state index is 0.830. The largest absolute Gasteiger partial charge is 0.320 e. The fourth-order valence-corrected chi connectivity index (χ4v) is 3.52. The van der Waals surface area contributed by atoms with Gasteiger partial charge in [-0.3, -0.25) is 0 Å². The van der Waals surface area contributed by atoms with Crippen LogP contribution < -0.4 is 5.32 Å². The maximum atomic E-state index is 4.56. The van der Waals surface area contributed by atoms with Crippen molar-refractivity contribution in [2.45, 2.75) is 25.7 Å². The van der Waals surface area contributed by atoms with Crippen molar-refractivity contribution in [2.24, 2.45) is 5.92 Å². The number of hydrogen-bond acceptors (Lipinski definition) is 4. The molecule has 2 heterocycles. The number of aromatic nitrogens is 1. The van der Waals surface area contributed by atoms with E-state index < -0.39 is 0 Å². The van der Waals surface area contributed by atoms with Gasteiger partial charge in [-0.25, -0.2) is 4.98 Å². The summed E-state index contributed by atoms with van der Waals surface area (Å²) in [6.07, 6.45) is 6.98. The Morgan fingerprint density at radius 1 is 1.59 bits per heavy atom. The van der Waals surface area contributed by atoms with Gasteiger partial charge in [-0.05, 0) is 52.4 Å². The molecule has 2 rings (SSSR count). The van der Waals surface area contributed by atoms with Crippen LogP contribution in [0.15, 0.2) is 6.20 Å². The first-order valence-corrected chi connectivity index (χ1v) is 7.36. The Hall–Kier alpha value is -0.450. The Labute approximate surface area is 108 Å². The second-order valence-corrected chi connectivity index (χ2v) is 6.25. The average Bonchev–Trinajstić information content (AvgIpc) is 2.90. The maximum absolute atomic E-state index is 4.56. The molecule has 3 nitrogen and oxygen atoms in total. The smallest absolute Gasteiger partial charge is 0.0930 e. The molecule has 1 aromatic heterocycles. The first-order chi connectivity index (χ1) is 8.28. The van der Waals surface area contributed by atoms with Crippen molar-refractivity contribution in [3.05, 3.63) is 16.1 Å². The molecule has 1 saturated heterocycles. The SMILES string of the molecule is CNCCCc1cnc(CC2CCN(C)C2)s1. The number of thiazole rings is 1. The van der Waals surface area contributed by atoms with E-state index in [0.29, 0.717) is 0 Å². The molecule has 1 unspecified atom stereocenters. The number of nitrogens with one attached hydrogen (secondary N) is 1. The van der Waals surface area contributed by atoms with Gasteiger partial charge in [0, 0.05) is 24.0 Å². The monoisotopic (exact) mass is 253 g/mol. The zero-order valence-corrected chi connectivity index (χ0v) is 11.7. The van der Waals surface area contributed by atoms with Gasteiger partial charge >= 0.3 is 0 Å². The Kier molecular flexibility index (Phi) is 4.95. The number of rotatable bonds is 6. The molecule has 1 fully saturated rings. The fourth-order valence-electron chi connectivity index (χ4n) is 2.44. The van der Waals surface area contributed by atoms with Gasteiger partial charge in [-0.15, -0.1) is 11.3 Å². The second-order valence-electron chi connectivity index (χ2n) is 5.05. The van der Waals surface area contributed by atoms with E-state index in [0.717, 1.165) is 12.5 Å². The van der Waals surface area contributed by atoms with Gasteiger partial charge in [-0.2, -0.15) is 0 Å². The van der Waals surface area contributed by atoms with Gasteiger partial charge in [0.15, 0.2) is 0 Å². The molecule has 1 aliphatic heterocycles. The summed E-state index contributed by atoms with van der Waals surface area (Å²) in [6.45, 7) is 3.60. The number of likely N-dealkylation sites (tertiary alicyclic amines) is 1. The highest BCUT2D eigenvalue weighted by molar-refractivity contribution is 7.11. The summed E-state index contributed by atoms with van der Waals surface area (Å²) < 4.78 is 0. The lowest BCUT2D eigenvalue weighted by molar-refractivity contribution is 0.394. The summed E-state index contributed by atoms with van der Waals surface area (Å²) in [6, 6.07) is 0. The summed E-state index contributed by atoms with van der Waals surface area (Å²) in [5.74, 6) is 0.830. The molecule has 0 aliphatic carbocycles. The van der Waals surface area contributed by atoms with Crippen molar-refractivity contribution in [1.82, 2.24) is 15.2 Å². The van der Waals surface area contributed by atoms with E-state index in [9.17, 15) is 0 Å². The molecular formula is C13H23N3S. The van der Waals surface area contributed by atoms with Crippen LogP contribution >= 0.6 is 11.3 Å². The van der Waals surface area contributed by atoms with E-state index >= 15 is 0 Å². The van der Waals surface area contributed by atoms with Crippen LogP contribution in [-0.2, 0) is 12.8 Å². The highest BCUT2D eigenvalue weighted by Gasteiger charge is 2.20. The molecule has 0 aromatic carbocycles. The molecular weight excluding hydrogens is 230 g/mol. The highest BCUT2D eigenvalue weighted by atomic mass is 32.1. The quantitative estimate of drug-likeness (QED) is 0.784. The van der Waals surface area contributed by atoms with Crippen LogP contribution in [0.4, 0.5) is 0 Å². The first-order valence-electron chi connectivity index (χ1n) is 6.54. The Morgan fingerprint density at radius 2 is 2.47 bits per heavy atom. The van der Waals surface area contributed by atoms with E-state index in [-0.39, 0.29) is 0 Å². The number of nitrogens with zero attached hydrogens (tertiary/aromatic N) is 2. The van der Waals surface area contributed by atoms with E-state index in [1.807, 2.05) is 18.4 Å². The van der Waals surface area contributed by atoms with Crippen molar-refractivity contribution in [1.29, 1.82) is 0 Å². The zero-order chi connectivity index (χ0) is 12.1. The Balaban J connectivity index is 1.77. The third kappa shape index (κ3) is 4.05. The maximum Gasteiger partial charge on any atom is 0.0930 e. The molecule has 0 saturated carbocycles. The summed E-state index contributed by atoms with van der Waals surface area (Å²) in [5.41, 5.74) is 0. The molecule has 4 heteroatoms. The Bertz CT molecular complexity index is 337. The van der Waals surface area contributed by atoms with Gasteiger partial charge in [0.1, 0.15) is 0 Å². The molecule has 0 bridgehead atoms. The van der Waals surface area contributed by atoms with Crippen LogP contribution in [0.25, 0.3) is 0 Å². The first kappa shape index (κ1) is 13.0. The minimum atomic E-state index is 0.830. The van der Waals surface area contributed by atoms with Gasteiger partial charge in [0.25, 0.3) is 0 Å². The van der Waals surface area contributed by atoms with Crippen molar-refractivity contribution >= 4 is 11.3 Å². The molecule has 96 valence electrons. The van der Waals surface area contributed by atoms with E-state index in [1.54, 1.807) is 0 Å². The van der Waals surface area contributed by atoms with Crippen molar-refractivity contribution in [2.75, 3.05) is 33.7 Å². The van der Waals surface area contributed by atoms with Crippen LogP contribution in [-0.4, -0.2) is 43.6 Å². The van der Waals surface area contributed by atoms with Crippen LogP contribution in [0.1, 0.15) is 22.7 Å². The second kappa shape index (κ2) is 6.47. The van der Waals surface area contributed by atoms with Gasteiger partial charge < -0.3 is 10.2 Å². The van der Waals surface area contributed by atoms with E-state index in [1.165, 1.54) is 48.7 Å². The summed E-state index contributed by atoms with van der Waals surface area (Å²) in [5, 5.41) is 4.52. The van der Waals surface area contributed by atoms with Gasteiger partial charge in [-0.1, -0.05) is 0 Å². The van der Waals surface area contributed by atoms with Gasteiger partial charge in [0.05, 0.1) is 5.01 Å². The molecule has 0 amide bonds. The third-order valence-electron chi connectivity index (χ3n) is 3.40. The third-order valence-corrected chi connectivity index (χ3v) is 4.48. The molecule has 0 radical (unpaired) electrons. The number of hydrogen-bond donors (Lipinski definition) is 1. The zero-order valence-electron chi connectivity index (χ0n) is 10.9. The molecule has 0 spiro atoms. The van der Waals surface area contributed by atoms with Crippen molar-refractivity contribution in [3.8, 4) is 0 Å².